The lowest BCUT2D eigenvalue weighted by Crippen LogP contribution is -2.42. The number of amides is 1. The van der Waals surface area contributed by atoms with Gasteiger partial charge in [0.2, 0.25) is 0 Å². The van der Waals surface area contributed by atoms with Gasteiger partial charge in [0.15, 0.2) is 5.76 Å². The van der Waals surface area contributed by atoms with Gasteiger partial charge >= 0.3 is 0 Å². The van der Waals surface area contributed by atoms with E-state index < -0.39 is 0 Å². The third-order valence-corrected chi connectivity index (χ3v) is 5.48. The van der Waals surface area contributed by atoms with Crippen molar-refractivity contribution < 1.29 is 9.21 Å². The lowest BCUT2D eigenvalue weighted by Gasteiger charge is -2.20. The molecule has 0 unspecified atom stereocenters. The fourth-order valence-corrected chi connectivity index (χ4v) is 3.92. The molecule has 23 heavy (non-hydrogen) atoms. The number of carbonyl (C=O) groups is 1. The van der Waals surface area contributed by atoms with Crippen LogP contribution < -0.4 is 10.6 Å². The van der Waals surface area contributed by atoms with E-state index in [-0.39, 0.29) is 11.9 Å². The SMILES string of the molecule is O=C(N[C@@H]1C[C@H]2CC[C@@H]1N2)c1ccc(-c2cccc(Cl)c2Cl)o1. The van der Waals surface area contributed by atoms with Crippen LogP contribution >= 0.6 is 23.2 Å². The van der Waals surface area contributed by atoms with E-state index in [1.807, 2.05) is 6.07 Å². The highest BCUT2D eigenvalue weighted by atomic mass is 35.5. The molecule has 1 aromatic carbocycles. The standard InChI is InChI=1S/C17H16Cl2N2O2/c18-11-3-1-2-10(16(11)19)14-6-7-15(23-14)17(22)21-13-8-9-4-5-12(13)20-9/h1-3,6-7,9,12-13,20H,4-5,8H2,(H,21,22)/t9-,12+,13-/m1/s1. The van der Waals surface area contributed by atoms with Crippen LogP contribution in [0.1, 0.15) is 29.8 Å². The predicted octanol–water partition coefficient (Wildman–Crippen LogP) is 3.88. The summed E-state index contributed by atoms with van der Waals surface area (Å²) >= 11 is 12.2. The van der Waals surface area contributed by atoms with Gasteiger partial charge < -0.3 is 15.1 Å². The fourth-order valence-electron chi connectivity index (χ4n) is 3.52. The van der Waals surface area contributed by atoms with E-state index >= 15 is 0 Å². The Labute approximate surface area is 144 Å². The summed E-state index contributed by atoms with van der Waals surface area (Å²) in [5.74, 6) is 0.640. The molecule has 2 aliphatic rings. The highest BCUT2D eigenvalue weighted by Crippen LogP contribution is 2.34. The number of nitrogens with one attached hydrogen (secondary N) is 2. The van der Waals surface area contributed by atoms with Crippen LogP contribution in [0.4, 0.5) is 0 Å². The van der Waals surface area contributed by atoms with Gasteiger partial charge in [0.25, 0.3) is 5.91 Å². The molecule has 0 saturated carbocycles. The largest absolute Gasteiger partial charge is 0.451 e. The van der Waals surface area contributed by atoms with E-state index in [0.717, 1.165) is 12.8 Å². The van der Waals surface area contributed by atoms with E-state index in [4.69, 9.17) is 27.6 Å². The first-order valence-electron chi connectivity index (χ1n) is 7.73. The number of rotatable bonds is 3. The highest BCUT2D eigenvalue weighted by molar-refractivity contribution is 6.43. The molecule has 0 spiro atoms. The average molecular weight is 351 g/mol. The van der Waals surface area contributed by atoms with Crippen LogP contribution in [0.25, 0.3) is 11.3 Å². The number of furan rings is 1. The van der Waals surface area contributed by atoms with Crippen LogP contribution in [0.5, 0.6) is 0 Å². The van der Waals surface area contributed by atoms with E-state index in [9.17, 15) is 4.79 Å². The maximum Gasteiger partial charge on any atom is 0.287 e. The zero-order valence-corrected chi connectivity index (χ0v) is 13.8. The number of fused-ring (bicyclic) bond motifs is 2. The predicted molar refractivity (Wildman–Crippen MR) is 90.0 cm³/mol. The second-order valence-electron chi connectivity index (χ2n) is 6.13. The third-order valence-electron chi connectivity index (χ3n) is 4.66. The molecule has 2 saturated heterocycles. The molecule has 0 aliphatic carbocycles. The van der Waals surface area contributed by atoms with E-state index in [2.05, 4.69) is 10.6 Å². The van der Waals surface area contributed by atoms with Crippen LogP contribution in [0.15, 0.2) is 34.7 Å². The summed E-state index contributed by atoms with van der Waals surface area (Å²) in [6, 6.07) is 9.86. The minimum absolute atomic E-state index is 0.185. The summed E-state index contributed by atoms with van der Waals surface area (Å²) in [5.41, 5.74) is 0.680. The number of carbonyl (C=O) groups excluding carboxylic acids is 1. The minimum atomic E-state index is -0.186. The number of halogens is 2. The quantitative estimate of drug-likeness (QED) is 0.883. The molecular weight excluding hydrogens is 335 g/mol. The van der Waals surface area contributed by atoms with Crippen molar-refractivity contribution in [3.63, 3.8) is 0 Å². The molecule has 2 fully saturated rings. The van der Waals surface area contributed by atoms with E-state index in [1.165, 1.54) is 6.42 Å². The monoisotopic (exact) mass is 350 g/mol. The van der Waals surface area contributed by atoms with Crippen molar-refractivity contribution in [2.24, 2.45) is 0 Å². The Morgan fingerprint density at radius 3 is 2.83 bits per heavy atom. The van der Waals surface area contributed by atoms with Gasteiger partial charge in [-0.15, -0.1) is 0 Å². The number of hydrogen-bond donors (Lipinski definition) is 2. The van der Waals surface area contributed by atoms with Gasteiger partial charge in [-0.1, -0.05) is 29.3 Å². The topological polar surface area (TPSA) is 54.3 Å². The second-order valence-corrected chi connectivity index (χ2v) is 6.91. The summed E-state index contributed by atoms with van der Waals surface area (Å²) in [7, 11) is 0. The fraction of sp³-hybridized carbons (Fsp3) is 0.353. The first kappa shape index (κ1) is 15.1. The van der Waals surface area contributed by atoms with Gasteiger partial charge in [0, 0.05) is 23.7 Å². The highest BCUT2D eigenvalue weighted by Gasteiger charge is 2.39. The lowest BCUT2D eigenvalue weighted by molar-refractivity contribution is 0.0903. The summed E-state index contributed by atoms with van der Waals surface area (Å²) in [5, 5.41) is 7.45. The molecule has 2 N–H and O–H groups in total. The summed E-state index contributed by atoms with van der Waals surface area (Å²) in [6.07, 6.45) is 3.32. The third kappa shape index (κ3) is 2.75. The van der Waals surface area contributed by atoms with Crippen molar-refractivity contribution in [1.29, 1.82) is 0 Å². The normalized spacial score (nSPS) is 25.7. The van der Waals surface area contributed by atoms with Gasteiger partial charge in [0.1, 0.15) is 5.76 Å². The molecule has 0 radical (unpaired) electrons. The van der Waals surface area contributed by atoms with Gasteiger partial charge in [-0.05, 0) is 43.5 Å². The van der Waals surface area contributed by atoms with Gasteiger partial charge in [-0.2, -0.15) is 0 Å². The molecule has 1 aromatic heterocycles. The minimum Gasteiger partial charge on any atom is -0.451 e. The zero-order chi connectivity index (χ0) is 16.0. The molecule has 3 heterocycles. The number of benzene rings is 1. The van der Waals surface area contributed by atoms with Crippen molar-refractivity contribution >= 4 is 29.1 Å². The van der Waals surface area contributed by atoms with Crippen LogP contribution in [0, 0.1) is 0 Å². The van der Waals surface area contributed by atoms with Crippen molar-refractivity contribution in [3.8, 4) is 11.3 Å². The molecular formula is C17H16Cl2N2O2. The molecule has 2 aromatic rings. The molecule has 1 amide bonds. The second kappa shape index (κ2) is 5.86. The van der Waals surface area contributed by atoms with Crippen LogP contribution in [0.2, 0.25) is 10.0 Å². The van der Waals surface area contributed by atoms with Crippen LogP contribution in [-0.4, -0.2) is 24.0 Å². The molecule has 3 atom stereocenters. The summed E-state index contributed by atoms with van der Waals surface area (Å²) in [6.45, 7) is 0. The lowest BCUT2D eigenvalue weighted by atomic mass is 9.95. The molecule has 4 rings (SSSR count). The molecule has 6 heteroatoms. The van der Waals surface area contributed by atoms with Crippen LogP contribution in [0.3, 0.4) is 0 Å². The van der Waals surface area contributed by atoms with E-state index in [0.29, 0.717) is 39.2 Å². The Morgan fingerprint density at radius 2 is 2.09 bits per heavy atom. The Hall–Kier alpha value is -1.49. The van der Waals surface area contributed by atoms with Crippen molar-refractivity contribution in [2.75, 3.05) is 0 Å². The Morgan fingerprint density at radius 1 is 1.22 bits per heavy atom. The van der Waals surface area contributed by atoms with Gasteiger partial charge in [-0.25, -0.2) is 0 Å². The maximum absolute atomic E-state index is 12.4. The average Bonchev–Trinajstić information content (AvgIpc) is 3.25. The van der Waals surface area contributed by atoms with Crippen molar-refractivity contribution in [2.45, 2.75) is 37.4 Å². The smallest absolute Gasteiger partial charge is 0.287 e. The van der Waals surface area contributed by atoms with E-state index in [1.54, 1.807) is 24.3 Å². The summed E-state index contributed by atoms with van der Waals surface area (Å²) in [4.78, 5) is 12.4. The first-order valence-corrected chi connectivity index (χ1v) is 8.48. The maximum atomic E-state index is 12.4. The molecule has 120 valence electrons. The molecule has 2 bridgehead atoms. The first-order chi connectivity index (χ1) is 11.1. The Kier molecular flexibility index (Phi) is 3.84. The molecule has 2 aliphatic heterocycles. The molecule has 4 nitrogen and oxygen atoms in total. The van der Waals surface area contributed by atoms with Gasteiger partial charge in [0.05, 0.1) is 10.0 Å². The Balaban J connectivity index is 1.51. The Bertz CT molecular complexity index is 759. The number of hydrogen-bond acceptors (Lipinski definition) is 3. The van der Waals surface area contributed by atoms with Gasteiger partial charge in [-0.3, -0.25) is 4.79 Å². The van der Waals surface area contributed by atoms with Crippen molar-refractivity contribution in [3.05, 3.63) is 46.1 Å². The van der Waals surface area contributed by atoms with Crippen molar-refractivity contribution in [1.82, 2.24) is 10.6 Å². The summed E-state index contributed by atoms with van der Waals surface area (Å²) < 4.78 is 5.68. The van der Waals surface area contributed by atoms with Crippen LogP contribution in [-0.2, 0) is 0 Å². The zero-order valence-electron chi connectivity index (χ0n) is 12.3.